The zero-order chi connectivity index (χ0) is 15.3. The fraction of sp³-hybridized carbons (Fsp3) is 0.400. The van der Waals surface area contributed by atoms with Gasteiger partial charge in [0.15, 0.2) is 5.65 Å². The number of carbonyl (C=O) groups is 1. The van der Waals surface area contributed by atoms with Crippen LogP contribution in [0.4, 0.5) is 4.79 Å². The van der Waals surface area contributed by atoms with Crippen LogP contribution in [0.5, 0.6) is 0 Å². The van der Waals surface area contributed by atoms with Gasteiger partial charge < -0.3 is 10.1 Å². The van der Waals surface area contributed by atoms with Gasteiger partial charge in [-0.15, -0.1) is 0 Å². The van der Waals surface area contributed by atoms with Gasteiger partial charge in [-0.05, 0) is 26.8 Å². The lowest BCUT2D eigenvalue weighted by Crippen LogP contribution is -2.32. The van der Waals surface area contributed by atoms with Crippen LogP contribution in [-0.4, -0.2) is 33.4 Å². The Hall–Kier alpha value is -2.55. The van der Waals surface area contributed by atoms with E-state index < -0.39 is 11.7 Å². The molecule has 2 N–H and O–H groups in total. The van der Waals surface area contributed by atoms with Gasteiger partial charge in [0.2, 0.25) is 0 Å². The number of ether oxygens (including phenoxy) is 1. The largest absolute Gasteiger partial charge is 0.444 e. The number of hydrogen-bond acceptors (Lipinski definition) is 4. The molecule has 1 amide bonds. The number of amides is 1. The summed E-state index contributed by atoms with van der Waals surface area (Å²) in [4.78, 5) is 15.6. The number of rotatable bonds is 2. The molecule has 0 unspecified atom stereocenters. The molecule has 0 spiro atoms. The van der Waals surface area contributed by atoms with Gasteiger partial charge in [-0.2, -0.15) is 5.10 Å². The Balaban J connectivity index is 1.80. The standard InChI is InChI=1S/C15H18N4O2/c1-15(2,3)21-14(20)16-7-5-4-6-11-8-12-10-18-19-13(12)17-9-11/h8-10H,5,7H2,1-3H3,(H,16,20)(H,17,18,19). The summed E-state index contributed by atoms with van der Waals surface area (Å²) in [5.74, 6) is 5.99. The summed E-state index contributed by atoms with van der Waals surface area (Å²) < 4.78 is 5.12. The highest BCUT2D eigenvalue weighted by atomic mass is 16.6. The quantitative estimate of drug-likeness (QED) is 0.655. The third kappa shape index (κ3) is 4.80. The molecule has 2 rings (SSSR count). The van der Waals surface area contributed by atoms with E-state index in [9.17, 15) is 4.79 Å². The first-order chi connectivity index (χ1) is 9.94. The molecule has 0 aliphatic carbocycles. The first-order valence-electron chi connectivity index (χ1n) is 6.69. The van der Waals surface area contributed by atoms with Crippen molar-refractivity contribution >= 4 is 17.1 Å². The van der Waals surface area contributed by atoms with E-state index in [-0.39, 0.29) is 0 Å². The molecule has 0 fully saturated rings. The Bertz CT molecular complexity index is 689. The second-order valence-electron chi connectivity index (χ2n) is 5.51. The number of aromatic amines is 1. The van der Waals surface area contributed by atoms with Crippen LogP contribution in [0, 0.1) is 11.8 Å². The molecule has 0 saturated carbocycles. The zero-order valence-electron chi connectivity index (χ0n) is 12.4. The van der Waals surface area contributed by atoms with Crippen molar-refractivity contribution in [2.24, 2.45) is 0 Å². The summed E-state index contributed by atoms with van der Waals surface area (Å²) in [6.07, 6.45) is 3.51. The van der Waals surface area contributed by atoms with E-state index in [2.05, 4.69) is 32.3 Å². The molecule has 110 valence electrons. The number of aromatic nitrogens is 3. The number of H-pyrrole nitrogens is 1. The number of pyridine rings is 1. The van der Waals surface area contributed by atoms with E-state index in [1.165, 1.54) is 0 Å². The lowest BCUT2D eigenvalue weighted by molar-refractivity contribution is 0.0529. The second-order valence-corrected chi connectivity index (χ2v) is 5.51. The second kappa shape index (κ2) is 6.27. The Labute approximate surface area is 123 Å². The van der Waals surface area contributed by atoms with Gasteiger partial charge in [0.25, 0.3) is 0 Å². The van der Waals surface area contributed by atoms with Gasteiger partial charge in [-0.1, -0.05) is 11.8 Å². The molecule has 2 aromatic heterocycles. The van der Waals surface area contributed by atoms with Gasteiger partial charge in [-0.3, -0.25) is 5.10 Å². The molecule has 0 aliphatic heterocycles. The van der Waals surface area contributed by atoms with Crippen molar-refractivity contribution in [3.63, 3.8) is 0 Å². The molecule has 0 saturated heterocycles. The van der Waals surface area contributed by atoms with Crippen LogP contribution in [0.1, 0.15) is 32.8 Å². The predicted octanol–water partition coefficient (Wildman–Crippen LogP) is 2.22. The molecular weight excluding hydrogens is 268 g/mol. The van der Waals surface area contributed by atoms with E-state index in [1.807, 2.05) is 26.8 Å². The van der Waals surface area contributed by atoms with Crippen LogP contribution in [0.25, 0.3) is 11.0 Å². The molecule has 0 bridgehead atoms. The molecule has 6 heteroatoms. The van der Waals surface area contributed by atoms with Crippen LogP contribution in [0.15, 0.2) is 18.5 Å². The molecule has 21 heavy (non-hydrogen) atoms. The first-order valence-corrected chi connectivity index (χ1v) is 6.69. The fourth-order valence-corrected chi connectivity index (χ4v) is 1.61. The lowest BCUT2D eigenvalue weighted by atomic mass is 10.2. The minimum atomic E-state index is -0.485. The first kappa shape index (κ1) is 14.9. The highest BCUT2D eigenvalue weighted by Crippen LogP contribution is 2.08. The summed E-state index contributed by atoms with van der Waals surface area (Å²) in [5, 5.41) is 10.3. The third-order valence-electron chi connectivity index (χ3n) is 2.44. The molecular formula is C15H18N4O2. The van der Waals surface area contributed by atoms with Crippen molar-refractivity contribution in [2.45, 2.75) is 32.8 Å². The number of nitrogens with zero attached hydrogens (tertiary/aromatic N) is 2. The average molecular weight is 286 g/mol. The summed E-state index contributed by atoms with van der Waals surface area (Å²) in [6.45, 7) is 5.92. The molecule has 6 nitrogen and oxygen atoms in total. The van der Waals surface area contributed by atoms with Crippen molar-refractivity contribution < 1.29 is 9.53 Å². The normalized spacial score (nSPS) is 10.8. The van der Waals surface area contributed by atoms with Crippen LogP contribution in [0.3, 0.4) is 0 Å². The summed E-state index contributed by atoms with van der Waals surface area (Å²) in [5.41, 5.74) is 1.08. The van der Waals surface area contributed by atoms with Crippen molar-refractivity contribution in [1.82, 2.24) is 20.5 Å². The maximum absolute atomic E-state index is 11.4. The predicted molar refractivity (Wildman–Crippen MR) is 79.6 cm³/mol. The molecule has 0 aromatic carbocycles. The molecule has 0 aliphatic rings. The van der Waals surface area contributed by atoms with Crippen molar-refractivity contribution in [1.29, 1.82) is 0 Å². The molecule has 2 heterocycles. The molecule has 0 radical (unpaired) electrons. The summed E-state index contributed by atoms with van der Waals surface area (Å²) in [6, 6.07) is 1.92. The monoisotopic (exact) mass is 286 g/mol. The third-order valence-corrected chi connectivity index (χ3v) is 2.44. The summed E-state index contributed by atoms with van der Waals surface area (Å²) in [7, 11) is 0. The van der Waals surface area contributed by atoms with Gasteiger partial charge in [0.1, 0.15) is 5.60 Å². The van der Waals surface area contributed by atoms with Crippen LogP contribution >= 0.6 is 0 Å². The van der Waals surface area contributed by atoms with Crippen LogP contribution in [0.2, 0.25) is 0 Å². The lowest BCUT2D eigenvalue weighted by Gasteiger charge is -2.19. The minimum Gasteiger partial charge on any atom is -0.444 e. The number of hydrogen-bond donors (Lipinski definition) is 2. The maximum atomic E-state index is 11.4. The fourth-order valence-electron chi connectivity index (χ4n) is 1.61. The zero-order valence-corrected chi connectivity index (χ0v) is 12.4. The van der Waals surface area contributed by atoms with E-state index in [0.717, 1.165) is 16.6 Å². The number of nitrogens with one attached hydrogen (secondary N) is 2. The highest BCUT2D eigenvalue weighted by Gasteiger charge is 2.15. The van der Waals surface area contributed by atoms with Crippen LogP contribution in [-0.2, 0) is 4.74 Å². The summed E-state index contributed by atoms with van der Waals surface area (Å²) >= 11 is 0. The van der Waals surface area contributed by atoms with Crippen LogP contribution < -0.4 is 5.32 Å². The molecule has 0 atom stereocenters. The Kier molecular flexibility index (Phi) is 4.43. The van der Waals surface area contributed by atoms with E-state index in [1.54, 1.807) is 12.4 Å². The Morgan fingerprint density at radius 3 is 3.00 bits per heavy atom. The van der Waals surface area contributed by atoms with Crippen molar-refractivity contribution in [2.75, 3.05) is 6.54 Å². The number of alkyl carbamates (subject to hydrolysis) is 1. The van der Waals surface area contributed by atoms with Crippen molar-refractivity contribution in [3.05, 3.63) is 24.0 Å². The number of carbonyl (C=O) groups excluding carboxylic acids is 1. The topological polar surface area (TPSA) is 79.9 Å². The Morgan fingerprint density at radius 2 is 2.24 bits per heavy atom. The van der Waals surface area contributed by atoms with Gasteiger partial charge >= 0.3 is 6.09 Å². The smallest absolute Gasteiger partial charge is 0.407 e. The van der Waals surface area contributed by atoms with Gasteiger partial charge in [-0.25, -0.2) is 9.78 Å². The number of fused-ring (bicyclic) bond motifs is 1. The highest BCUT2D eigenvalue weighted by molar-refractivity contribution is 5.75. The molecule has 2 aromatic rings. The SMILES string of the molecule is CC(C)(C)OC(=O)NCCC#Cc1cnc2[nH]ncc2c1. The van der Waals surface area contributed by atoms with E-state index in [0.29, 0.717) is 13.0 Å². The van der Waals surface area contributed by atoms with Gasteiger partial charge in [0.05, 0.1) is 6.20 Å². The van der Waals surface area contributed by atoms with Gasteiger partial charge in [0, 0.05) is 30.1 Å². The van der Waals surface area contributed by atoms with Crippen molar-refractivity contribution in [3.8, 4) is 11.8 Å². The minimum absolute atomic E-state index is 0.425. The average Bonchev–Trinajstić information content (AvgIpc) is 2.83. The van der Waals surface area contributed by atoms with E-state index in [4.69, 9.17) is 4.74 Å². The maximum Gasteiger partial charge on any atom is 0.407 e. The van der Waals surface area contributed by atoms with E-state index >= 15 is 0 Å². The Morgan fingerprint density at radius 1 is 1.43 bits per heavy atom.